The molecule has 3 aliphatic carbocycles. The van der Waals surface area contributed by atoms with Crippen molar-refractivity contribution in [2.75, 3.05) is 19.8 Å². The highest BCUT2D eigenvalue weighted by Crippen LogP contribution is 2.46. The van der Waals surface area contributed by atoms with E-state index in [4.69, 9.17) is 9.47 Å². The summed E-state index contributed by atoms with van der Waals surface area (Å²) in [7, 11) is 0. The number of esters is 1. The molecule has 0 aromatic heterocycles. The van der Waals surface area contributed by atoms with Crippen LogP contribution in [0.5, 0.6) is 0 Å². The van der Waals surface area contributed by atoms with E-state index in [-0.39, 0.29) is 5.97 Å². The predicted molar refractivity (Wildman–Crippen MR) is 63.3 cm³/mol. The van der Waals surface area contributed by atoms with E-state index in [1.807, 2.05) is 13.0 Å². The molecule has 3 rings (SSSR count). The van der Waals surface area contributed by atoms with Gasteiger partial charge in [0.1, 0.15) is 6.61 Å². The molecule has 0 atom stereocenters. The molecule has 0 fully saturated rings. The van der Waals surface area contributed by atoms with Crippen LogP contribution in [0.15, 0.2) is 46.1 Å². The summed E-state index contributed by atoms with van der Waals surface area (Å²) in [5, 5.41) is 0. The van der Waals surface area contributed by atoms with E-state index < -0.39 is 0 Å². The third-order valence-corrected chi connectivity index (χ3v) is 3.18. The maximum Gasteiger partial charge on any atom is 0.338 e. The molecule has 2 bridgehead atoms. The van der Waals surface area contributed by atoms with E-state index in [0.717, 1.165) is 12.0 Å². The van der Waals surface area contributed by atoms with E-state index in [1.54, 1.807) is 0 Å². The van der Waals surface area contributed by atoms with Crippen LogP contribution in [-0.2, 0) is 14.3 Å². The second-order valence-electron chi connectivity index (χ2n) is 4.28. The average molecular weight is 230 g/mol. The van der Waals surface area contributed by atoms with Gasteiger partial charge in [-0.2, -0.15) is 0 Å². The van der Waals surface area contributed by atoms with E-state index >= 15 is 0 Å². The minimum atomic E-state index is -0.236. The fourth-order valence-electron chi connectivity index (χ4n) is 2.44. The predicted octanol–water partition coefficient (Wildman–Crippen LogP) is 2.07. The molecular weight excluding hydrogens is 216 g/mol. The average Bonchev–Trinajstić information content (AvgIpc) is 2.92. The van der Waals surface area contributed by atoms with Gasteiger partial charge in [0, 0.05) is 6.61 Å². The Morgan fingerprint density at radius 2 is 2.18 bits per heavy atom. The van der Waals surface area contributed by atoms with Gasteiger partial charge in [-0.05, 0) is 47.8 Å². The zero-order chi connectivity index (χ0) is 11.8. The largest absolute Gasteiger partial charge is 0.460 e. The molecule has 0 unspecified atom stereocenters. The molecule has 0 N–H and O–H groups in total. The summed E-state index contributed by atoms with van der Waals surface area (Å²) in [5.74, 6) is -0.236. The van der Waals surface area contributed by atoms with Gasteiger partial charge in [0.25, 0.3) is 0 Å². The van der Waals surface area contributed by atoms with Crippen LogP contribution in [0.2, 0.25) is 0 Å². The Bertz CT molecular complexity index is 504. The Balaban J connectivity index is 1.61. The number of ether oxygens (including phenoxy) is 2. The minimum absolute atomic E-state index is 0.236. The first kappa shape index (κ1) is 10.5. The van der Waals surface area contributed by atoms with Crippen LogP contribution in [0, 0.1) is 0 Å². The van der Waals surface area contributed by atoms with Crippen molar-refractivity contribution in [3.8, 4) is 0 Å². The summed E-state index contributed by atoms with van der Waals surface area (Å²) >= 11 is 0. The third kappa shape index (κ3) is 1.67. The van der Waals surface area contributed by atoms with Gasteiger partial charge in [-0.25, -0.2) is 4.79 Å². The van der Waals surface area contributed by atoms with Crippen LogP contribution in [-0.4, -0.2) is 25.8 Å². The summed E-state index contributed by atoms with van der Waals surface area (Å²) < 4.78 is 10.3. The molecule has 0 saturated heterocycles. The number of rotatable bonds is 5. The summed E-state index contributed by atoms with van der Waals surface area (Å²) in [5.41, 5.74) is 5.53. The molecule has 0 aliphatic heterocycles. The van der Waals surface area contributed by atoms with Gasteiger partial charge >= 0.3 is 5.97 Å². The number of carbonyl (C=O) groups excluding carboxylic acids is 1. The van der Waals surface area contributed by atoms with E-state index in [0.29, 0.717) is 25.4 Å². The SMILES string of the molecule is CCOCCOC(=O)C1=CC2=C3C=C(C=C13)C2. The smallest absolute Gasteiger partial charge is 0.338 e. The van der Waals surface area contributed by atoms with Crippen molar-refractivity contribution in [3.63, 3.8) is 0 Å². The number of hydrogen-bond donors (Lipinski definition) is 0. The zero-order valence-electron chi connectivity index (χ0n) is 9.79. The summed E-state index contributed by atoms with van der Waals surface area (Å²) in [6.07, 6.45) is 7.17. The van der Waals surface area contributed by atoms with Crippen LogP contribution in [0.3, 0.4) is 0 Å². The van der Waals surface area contributed by atoms with Gasteiger partial charge < -0.3 is 9.47 Å². The molecule has 3 heteroatoms. The van der Waals surface area contributed by atoms with Crippen LogP contribution >= 0.6 is 0 Å². The highest BCUT2D eigenvalue weighted by Gasteiger charge is 2.33. The van der Waals surface area contributed by atoms with E-state index in [1.165, 1.54) is 16.7 Å². The number of carbonyl (C=O) groups is 1. The molecule has 0 spiro atoms. The molecule has 0 aromatic rings. The molecule has 88 valence electrons. The first-order chi connectivity index (χ1) is 8.29. The van der Waals surface area contributed by atoms with E-state index in [9.17, 15) is 4.79 Å². The lowest BCUT2D eigenvalue weighted by atomic mass is 10.0. The lowest BCUT2D eigenvalue weighted by Crippen LogP contribution is -2.12. The van der Waals surface area contributed by atoms with Crippen molar-refractivity contribution in [1.29, 1.82) is 0 Å². The van der Waals surface area contributed by atoms with Crippen molar-refractivity contribution in [3.05, 3.63) is 46.1 Å². The topological polar surface area (TPSA) is 35.5 Å². The molecule has 3 aliphatic rings. The van der Waals surface area contributed by atoms with Crippen LogP contribution in [0.25, 0.3) is 0 Å². The molecular formula is C14H14O3. The van der Waals surface area contributed by atoms with Gasteiger partial charge in [-0.1, -0.05) is 6.08 Å². The summed E-state index contributed by atoms with van der Waals surface area (Å²) in [6, 6.07) is 0. The Hall–Kier alpha value is -1.61. The first-order valence-corrected chi connectivity index (χ1v) is 5.92. The van der Waals surface area contributed by atoms with Gasteiger partial charge in [0.05, 0.1) is 12.2 Å². The Labute approximate surface area is 100 Å². The van der Waals surface area contributed by atoms with Gasteiger partial charge in [-0.15, -0.1) is 0 Å². The van der Waals surface area contributed by atoms with Gasteiger partial charge in [0.15, 0.2) is 0 Å². The molecule has 0 saturated carbocycles. The van der Waals surface area contributed by atoms with Crippen LogP contribution in [0.4, 0.5) is 0 Å². The number of hydrogen-bond acceptors (Lipinski definition) is 3. The second-order valence-corrected chi connectivity index (χ2v) is 4.28. The molecule has 3 nitrogen and oxygen atoms in total. The molecule has 17 heavy (non-hydrogen) atoms. The lowest BCUT2D eigenvalue weighted by Gasteiger charge is -2.07. The molecule has 0 radical (unpaired) electrons. The number of allylic oxidation sites excluding steroid dienone is 6. The van der Waals surface area contributed by atoms with Crippen LogP contribution in [0.1, 0.15) is 13.3 Å². The highest BCUT2D eigenvalue weighted by molar-refractivity contribution is 6.00. The standard InChI is InChI=1S/C14H14O3/c1-2-16-3-4-17-14(15)13-8-10-5-9-6-11(10)12(13)7-9/h6-8H,2-5H2,1H3. The summed E-state index contributed by atoms with van der Waals surface area (Å²) in [4.78, 5) is 11.9. The van der Waals surface area contributed by atoms with Crippen molar-refractivity contribution < 1.29 is 14.3 Å². The normalized spacial score (nSPS) is 19.5. The molecule has 0 aromatic carbocycles. The van der Waals surface area contributed by atoms with Crippen molar-refractivity contribution in [1.82, 2.24) is 0 Å². The minimum Gasteiger partial charge on any atom is -0.460 e. The fourth-order valence-corrected chi connectivity index (χ4v) is 2.44. The molecule has 0 amide bonds. The maximum absolute atomic E-state index is 11.9. The van der Waals surface area contributed by atoms with Gasteiger partial charge in [-0.3, -0.25) is 0 Å². The van der Waals surface area contributed by atoms with E-state index in [2.05, 4.69) is 12.2 Å². The van der Waals surface area contributed by atoms with Crippen molar-refractivity contribution >= 4 is 5.97 Å². The van der Waals surface area contributed by atoms with Crippen molar-refractivity contribution in [2.24, 2.45) is 0 Å². The van der Waals surface area contributed by atoms with Crippen LogP contribution < -0.4 is 0 Å². The maximum atomic E-state index is 11.9. The quantitative estimate of drug-likeness (QED) is 0.536. The molecule has 0 heterocycles. The highest BCUT2D eigenvalue weighted by atomic mass is 16.6. The zero-order valence-corrected chi connectivity index (χ0v) is 9.79. The summed E-state index contributed by atoms with van der Waals surface area (Å²) in [6.45, 7) is 3.35. The second kappa shape index (κ2) is 4.00. The Morgan fingerprint density at radius 3 is 2.88 bits per heavy atom. The van der Waals surface area contributed by atoms with Crippen molar-refractivity contribution in [2.45, 2.75) is 13.3 Å². The first-order valence-electron chi connectivity index (χ1n) is 5.92. The lowest BCUT2D eigenvalue weighted by molar-refractivity contribution is -0.140. The third-order valence-electron chi connectivity index (χ3n) is 3.18. The fraction of sp³-hybridized carbons (Fsp3) is 0.357. The Morgan fingerprint density at radius 1 is 1.29 bits per heavy atom. The van der Waals surface area contributed by atoms with Gasteiger partial charge in [0.2, 0.25) is 0 Å². The monoisotopic (exact) mass is 230 g/mol. The Kier molecular flexibility index (Phi) is 2.48.